The highest BCUT2D eigenvalue weighted by molar-refractivity contribution is 6.21. The quantitative estimate of drug-likeness (QED) is 0.555. The van der Waals surface area contributed by atoms with Crippen molar-refractivity contribution in [1.29, 1.82) is 0 Å². The number of ether oxygens (including phenoxy) is 2. The summed E-state index contributed by atoms with van der Waals surface area (Å²) in [5.41, 5.74) is 1.97. The van der Waals surface area contributed by atoms with Gasteiger partial charge < -0.3 is 24.8 Å². The van der Waals surface area contributed by atoms with E-state index in [1.165, 1.54) is 25.3 Å². The molecule has 0 spiro atoms. The van der Waals surface area contributed by atoms with Gasteiger partial charge in [-0.2, -0.15) is 0 Å². The largest absolute Gasteiger partial charge is 0.497 e. The van der Waals surface area contributed by atoms with Gasteiger partial charge in [0.1, 0.15) is 11.5 Å². The van der Waals surface area contributed by atoms with Gasteiger partial charge in [-0.05, 0) is 36.8 Å². The number of rotatable bonds is 8. The Morgan fingerprint density at radius 2 is 1.86 bits per heavy atom. The van der Waals surface area contributed by atoms with Crippen LogP contribution in [0.1, 0.15) is 13.3 Å². The number of carbonyl (C=O) groups is 4. The number of benzene rings is 2. The SMILES string of the molecule is COc1ccc(-c2cccc(N(C(=O)NCCC(=O)O)[C@H]3C(=O)C(C)=CN(C)C3=O)c2)c(OC)c1. The molecular weight excluding hydrogens is 454 g/mol. The Labute approximate surface area is 202 Å². The highest BCUT2D eigenvalue weighted by Gasteiger charge is 2.41. The van der Waals surface area contributed by atoms with Crippen LogP contribution in [0.3, 0.4) is 0 Å². The molecule has 0 fully saturated rings. The van der Waals surface area contributed by atoms with E-state index in [0.717, 1.165) is 4.90 Å². The smallest absolute Gasteiger partial charge is 0.323 e. The van der Waals surface area contributed by atoms with Crippen LogP contribution in [-0.4, -0.2) is 67.6 Å². The number of amides is 3. The second-order valence-corrected chi connectivity index (χ2v) is 7.89. The van der Waals surface area contributed by atoms with E-state index in [2.05, 4.69) is 5.32 Å². The molecule has 1 atom stereocenters. The molecule has 1 heterocycles. The molecule has 2 N–H and O–H groups in total. The van der Waals surface area contributed by atoms with Gasteiger partial charge >= 0.3 is 12.0 Å². The van der Waals surface area contributed by atoms with Crippen molar-refractivity contribution in [2.24, 2.45) is 0 Å². The third-order valence-corrected chi connectivity index (χ3v) is 5.54. The maximum Gasteiger partial charge on any atom is 0.323 e. The van der Waals surface area contributed by atoms with Crippen molar-refractivity contribution < 1.29 is 33.8 Å². The van der Waals surface area contributed by atoms with Gasteiger partial charge in [0.25, 0.3) is 5.91 Å². The molecule has 0 radical (unpaired) electrons. The Hall–Kier alpha value is -4.34. The van der Waals surface area contributed by atoms with Crippen LogP contribution in [0.4, 0.5) is 10.5 Å². The van der Waals surface area contributed by atoms with Gasteiger partial charge in [0.05, 0.1) is 20.6 Å². The van der Waals surface area contributed by atoms with E-state index in [1.807, 2.05) is 0 Å². The van der Waals surface area contributed by atoms with Gasteiger partial charge in [0.15, 0.2) is 11.8 Å². The first-order valence-corrected chi connectivity index (χ1v) is 10.8. The van der Waals surface area contributed by atoms with Crippen LogP contribution < -0.4 is 19.7 Å². The summed E-state index contributed by atoms with van der Waals surface area (Å²) in [5, 5.41) is 11.4. The van der Waals surface area contributed by atoms with Crippen molar-refractivity contribution in [3.8, 4) is 22.6 Å². The number of nitrogens with zero attached hydrogens (tertiary/aromatic N) is 2. The number of likely N-dealkylation sites (N-methyl/N-ethyl adjacent to an activating group) is 1. The molecule has 10 heteroatoms. The molecule has 1 aliphatic heterocycles. The van der Waals surface area contributed by atoms with Gasteiger partial charge in [-0.3, -0.25) is 19.3 Å². The summed E-state index contributed by atoms with van der Waals surface area (Å²) in [7, 11) is 4.57. The number of aliphatic carboxylic acids is 1. The summed E-state index contributed by atoms with van der Waals surface area (Å²) in [4.78, 5) is 52.5. The van der Waals surface area contributed by atoms with Gasteiger partial charge in [0.2, 0.25) is 0 Å². The van der Waals surface area contributed by atoms with Crippen LogP contribution in [-0.2, 0) is 14.4 Å². The maximum atomic E-state index is 13.2. The molecular formula is C25H27N3O7. The first-order chi connectivity index (χ1) is 16.7. The van der Waals surface area contributed by atoms with Crippen LogP contribution in [0.5, 0.6) is 11.5 Å². The second-order valence-electron chi connectivity index (χ2n) is 7.89. The van der Waals surface area contributed by atoms with E-state index < -0.39 is 29.7 Å². The topological polar surface area (TPSA) is 125 Å². The Morgan fingerprint density at radius 3 is 2.51 bits per heavy atom. The molecule has 3 amide bonds. The zero-order valence-corrected chi connectivity index (χ0v) is 19.9. The number of ketones is 1. The fraction of sp³-hybridized carbons (Fsp3) is 0.280. The van der Waals surface area contributed by atoms with Crippen molar-refractivity contribution in [1.82, 2.24) is 10.2 Å². The zero-order chi connectivity index (χ0) is 25.7. The van der Waals surface area contributed by atoms with Crippen molar-refractivity contribution in [2.75, 3.05) is 32.7 Å². The first kappa shape index (κ1) is 25.3. The molecule has 0 aliphatic carbocycles. The van der Waals surface area contributed by atoms with Crippen molar-refractivity contribution in [2.45, 2.75) is 19.4 Å². The normalized spacial score (nSPS) is 15.4. The third kappa shape index (κ3) is 5.43. The van der Waals surface area contributed by atoms with E-state index in [1.54, 1.807) is 56.5 Å². The minimum Gasteiger partial charge on any atom is -0.497 e. The standard InChI is InChI=1S/C25H27N3O7/c1-15-14-27(2)24(32)22(23(15)31)28(25(33)26-11-10-21(29)30)17-7-5-6-16(12-17)19-9-8-18(34-3)13-20(19)35-4/h5-9,12-14,22H,10-11H2,1-4H3,(H,26,33)(H,29,30)/t22-/m0/s1. The fourth-order valence-corrected chi connectivity index (χ4v) is 3.77. The van der Waals surface area contributed by atoms with Crippen LogP contribution in [0, 0.1) is 0 Å². The van der Waals surface area contributed by atoms with Crippen molar-refractivity contribution >= 4 is 29.4 Å². The number of urea groups is 1. The van der Waals surface area contributed by atoms with E-state index in [4.69, 9.17) is 14.6 Å². The number of Topliss-reactive ketones (excluding diaryl/α,β-unsaturated/α-hetero) is 1. The molecule has 3 rings (SSSR count). The number of carboxylic acids is 1. The second kappa shape index (κ2) is 10.7. The van der Waals surface area contributed by atoms with Gasteiger partial charge in [-0.1, -0.05) is 12.1 Å². The van der Waals surface area contributed by atoms with Gasteiger partial charge in [-0.15, -0.1) is 0 Å². The molecule has 0 saturated carbocycles. The summed E-state index contributed by atoms with van der Waals surface area (Å²) in [5.74, 6) is -1.06. The maximum absolute atomic E-state index is 13.2. The lowest BCUT2D eigenvalue weighted by molar-refractivity contribution is -0.137. The number of anilines is 1. The van der Waals surface area contributed by atoms with E-state index >= 15 is 0 Å². The molecule has 10 nitrogen and oxygen atoms in total. The highest BCUT2D eigenvalue weighted by Crippen LogP contribution is 2.35. The summed E-state index contributed by atoms with van der Waals surface area (Å²) in [6.45, 7) is 1.40. The number of methoxy groups -OCH3 is 2. The van der Waals surface area contributed by atoms with Crippen LogP contribution in [0.2, 0.25) is 0 Å². The van der Waals surface area contributed by atoms with Crippen LogP contribution >= 0.6 is 0 Å². The van der Waals surface area contributed by atoms with E-state index in [9.17, 15) is 19.2 Å². The Bertz CT molecular complexity index is 1190. The lowest BCUT2D eigenvalue weighted by Crippen LogP contribution is -2.58. The molecule has 0 saturated heterocycles. The van der Waals surface area contributed by atoms with Crippen molar-refractivity contribution in [3.63, 3.8) is 0 Å². The minimum atomic E-state index is -1.44. The predicted octanol–water partition coefficient (Wildman–Crippen LogP) is 2.68. The lowest BCUT2D eigenvalue weighted by Gasteiger charge is -2.34. The summed E-state index contributed by atoms with van der Waals surface area (Å²) in [6.07, 6.45) is 1.11. The first-order valence-electron chi connectivity index (χ1n) is 10.8. The number of carbonyl (C=O) groups excluding carboxylic acids is 3. The summed E-state index contributed by atoms with van der Waals surface area (Å²) in [6, 6.07) is 9.83. The van der Waals surface area contributed by atoms with Crippen molar-refractivity contribution in [3.05, 3.63) is 54.2 Å². The number of carboxylic acid groups (broad SMARTS) is 1. The molecule has 2 aromatic carbocycles. The zero-order valence-electron chi connectivity index (χ0n) is 19.9. The van der Waals surface area contributed by atoms with Gasteiger partial charge in [0, 0.05) is 42.7 Å². The van der Waals surface area contributed by atoms with E-state index in [-0.39, 0.29) is 18.7 Å². The summed E-state index contributed by atoms with van der Waals surface area (Å²) < 4.78 is 10.7. The molecule has 0 aromatic heterocycles. The summed E-state index contributed by atoms with van der Waals surface area (Å²) >= 11 is 0. The average molecular weight is 482 g/mol. The molecule has 35 heavy (non-hydrogen) atoms. The predicted molar refractivity (Wildman–Crippen MR) is 128 cm³/mol. The molecule has 0 bridgehead atoms. The average Bonchev–Trinajstić information content (AvgIpc) is 2.84. The Kier molecular flexibility index (Phi) is 7.75. The van der Waals surface area contributed by atoms with Crippen LogP contribution in [0.25, 0.3) is 11.1 Å². The molecule has 0 unspecified atom stereocenters. The third-order valence-electron chi connectivity index (χ3n) is 5.54. The fourth-order valence-electron chi connectivity index (χ4n) is 3.77. The highest BCUT2D eigenvalue weighted by atomic mass is 16.5. The Morgan fingerprint density at radius 1 is 1.11 bits per heavy atom. The number of hydrogen-bond acceptors (Lipinski definition) is 6. The number of hydrogen-bond donors (Lipinski definition) is 2. The molecule has 184 valence electrons. The Balaban J connectivity index is 2.08. The molecule has 1 aliphatic rings. The van der Waals surface area contributed by atoms with E-state index in [0.29, 0.717) is 28.2 Å². The monoisotopic (exact) mass is 481 g/mol. The van der Waals surface area contributed by atoms with Crippen LogP contribution in [0.15, 0.2) is 54.2 Å². The van der Waals surface area contributed by atoms with Gasteiger partial charge in [-0.25, -0.2) is 4.79 Å². The lowest BCUT2D eigenvalue weighted by atomic mass is 9.98. The minimum absolute atomic E-state index is 0.170. The number of nitrogens with one attached hydrogen (secondary N) is 1. The molecule has 2 aromatic rings.